The minimum Gasteiger partial charge on any atom is -0.461 e. The van der Waals surface area contributed by atoms with Gasteiger partial charge in [-0.25, -0.2) is 0 Å². The summed E-state index contributed by atoms with van der Waals surface area (Å²) in [5.41, 5.74) is 0.982. The predicted molar refractivity (Wildman–Crippen MR) is 86.2 cm³/mol. The van der Waals surface area contributed by atoms with Crippen molar-refractivity contribution in [3.05, 3.63) is 35.9 Å². The number of carbonyl (C=O) groups is 2. The number of ketones is 1. The number of ether oxygens (including phenoxy) is 1. The van der Waals surface area contributed by atoms with Crippen LogP contribution in [0.5, 0.6) is 0 Å². The second-order valence-corrected chi connectivity index (χ2v) is 6.17. The quantitative estimate of drug-likeness (QED) is 0.478. The predicted octanol–water partition coefficient (Wildman–Crippen LogP) is 4.30. The van der Waals surface area contributed by atoms with Crippen LogP contribution in [0.4, 0.5) is 0 Å². The highest BCUT2D eigenvalue weighted by atomic mass is 16.5. The molecule has 0 bridgehead atoms. The van der Waals surface area contributed by atoms with E-state index in [0.29, 0.717) is 19.4 Å². The lowest BCUT2D eigenvalue weighted by Crippen LogP contribution is -2.11. The molecule has 0 aliphatic heterocycles. The Labute approximate surface area is 133 Å². The van der Waals surface area contributed by atoms with Crippen LogP contribution in [-0.4, -0.2) is 11.8 Å². The summed E-state index contributed by atoms with van der Waals surface area (Å²) in [6.45, 7) is 2.48. The summed E-state index contributed by atoms with van der Waals surface area (Å²) < 4.78 is 5.30. The average Bonchev–Trinajstić information content (AvgIpc) is 3.34. The van der Waals surface area contributed by atoms with E-state index < -0.39 is 0 Å². The molecule has 0 N–H and O–H groups in total. The van der Waals surface area contributed by atoms with Crippen molar-refractivity contribution in [1.82, 2.24) is 0 Å². The Morgan fingerprint density at radius 1 is 1.05 bits per heavy atom. The van der Waals surface area contributed by atoms with Gasteiger partial charge in [-0.3, -0.25) is 9.59 Å². The smallest absolute Gasteiger partial charge is 0.310 e. The van der Waals surface area contributed by atoms with E-state index in [0.717, 1.165) is 18.4 Å². The highest BCUT2D eigenvalue weighted by Crippen LogP contribution is 2.41. The summed E-state index contributed by atoms with van der Waals surface area (Å²) in [5.74, 6) is -0.229. The molecular formula is C19H26O3. The summed E-state index contributed by atoms with van der Waals surface area (Å²) in [6, 6.07) is 9.63. The summed E-state index contributed by atoms with van der Waals surface area (Å²) in [6.07, 6.45) is 7.05. The fourth-order valence-electron chi connectivity index (χ4n) is 2.74. The van der Waals surface area contributed by atoms with Gasteiger partial charge in [-0.1, -0.05) is 62.9 Å². The first-order valence-electron chi connectivity index (χ1n) is 8.45. The molecule has 2 atom stereocenters. The number of unbranched alkanes of at least 4 members (excludes halogenated alkanes) is 4. The largest absolute Gasteiger partial charge is 0.461 e. The second-order valence-electron chi connectivity index (χ2n) is 6.17. The van der Waals surface area contributed by atoms with Gasteiger partial charge in [0.15, 0.2) is 0 Å². The van der Waals surface area contributed by atoms with Gasteiger partial charge in [0.2, 0.25) is 0 Å². The number of rotatable bonds is 10. The van der Waals surface area contributed by atoms with Crippen molar-refractivity contribution in [2.45, 2.75) is 58.5 Å². The number of hydrogen-bond acceptors (Lipinski definition) is 3. The van der Waals surface area contributed by atoms with Gasteiger partial charge in [-0.05, 0) is 18.4 Å². The fourth-order valence-corrected chi connectivity index (χ4v) is 2.74. The topological polar surface area (TPSA) is 43.4 Å². The summed E-state index contributed by atoms with van der Waals surface area (Å²) in [7, 11) is 0. The Kier molecular flexibility index (Phi) is 6.63. The lowest BCUT2D eigenvalue weighted by molar-refractivity contribution is -0.147. The van der Waals surface area contributed by atoms with Crippen molar-refractivity contribution < 1.29 is 14.3 Å². The molecule has 1 saturated carbocycles. The van der Waals surface area contributed by atoms with E-state index in [1.54, 1.807) is 0 Å². The molecule has 120 valence electrons. The van der Waals surface area contributed by atoms with Crippen LogP contribution in [0.15, 0.2) is 30.3 Å². The average molecular weight is 302 g/mol. The van der Waals surface area contributed by atoms with Crippen LogP contribution in [0.3, 0.4) is 0 Å². The molecule has 1 aliphatic rings. The van der Waals surface area contributed by atoms with Crippen LogP contribution in [0.25, 0.3) is 0 Å². The van der Waals surface area contributed by atoms with E-state index in [-0.39, 0.29) is 23.6 Å². The Morgan fingerprint density at radius 2 is 1.77 bits per heavy atom. The maximum atomic E-state index is 12.0. The molecule has 0 radical (unpaired) electrons. The molecule has 1 fully saturated rings. The van der Waals surface area contributed by atoms with E-state index in [1.165, 1.54) is 19.3 Å². The van der Waals surface area contributed by atoms with Gasteiger partial charge in [0.05, 0.1) is 5.92 Å². The van der Waals surface area contributed by atoms with E-state index in [9.17, 15) is 9.59 Å². The van der Waals surface area contributed by atoms with E-state index in [4.69, 9.17) is 4.74 Å². The maximum absolute atomic E-state index is 12.0. The standard InChI is InChI=1S/C19H26O3/c1-2-3-4-5-9-12-18(20)16-13-17(16)19(21)22-14-15-10-7-6-8-11-15/h6-8,10-11,16-17H,2-5,9,12-14H2,1H3/t16-,17-/m1/s1. The highest BCUT2D eigenvalue weighted by Gasteiger charge is 2.48. The molecule has 22 heavy (non-hydrogen) atoms. The Balaban J connectivity index is 1.62. The lowest BCUT2D eigenvalue weighted by atomic mass is 10.1. The number of Topliss-reactive ketones (excluding diaryl/α,β-unsaturated/α-hetero) is 1. The monoisotopic (exact) mass is 302 g/mol. The molecule has 0 unspecified atom stereocenters. The molecule has 1 aromatic rings. The summed E-state index contributed by atoms with van der Waals surface area (Å²) in [4.78, 5) is 24.0. The normalized spacial score (nSPS) is 19.7. The van der Waals surface area contributed by atoms with E-state index >= 15 is 0 Å². The Morgan fingerprint density at radius 3 is 2.50 bits per heavy atom. The Hall–Kier alpha value is -1.64. The maximum Gasteiger partial charge on any atom is 0.310 e. The summed E-state index contributed by atoms with van der Waals surface area (Å²) in [5, 5.41) is 0. The van der Waals surface area contributed by atoms with Crippen molar-refractivity contribution in [3.8, 4) is 0 Å². The van der Waals surface area contributed by atoms with Crippen LogP contribution in [0.2, 0.25) is 0 Å². The SMILES string of the molecule is CCCCCCCC(=O)[C@@H]1C[C@H]1C(=O)OCc1ccccc1. The third-order valence-electron chi connectivity index (χ3n) is 4.26. The lowest BCUT2D eigenvalue weighted by Gasteiger charge is -2.04. The van der Waals surface area contributed by atoms with Crippen molar-refractivity contribution >= 4 is 11.8 Å². The molecular weight excluding hydrogens is 276 g/mol. The molecule has 3 heteroatoms. The van der Waals surface area contributed by atoms with Gasteiger partial charge < -0.3 is 4.74 Å². The zero-order valence-electron chi connectivity index (χ0n) is 13.4. The van der Waals surface area contributed by atoms with Crippen molar-refractivity contribution in [2.75, 3.05) is 0 Å². The zero-order chi connectivity index (χ0) is 15.8. The van der Waals surface area contributed by atoms with Gasteiger partial charge >= 0.3 is 5.97 Å². The molecule has 0 aromatic heterocycles. The molecule has 0 saturated heterocycles. The van der Waals surface area contributed by atoms with Crippen LogP contribution < -0.4 is 0 Å². The van der Waals surface area contributed by atoms with Crippen LogP contribution >= 0.6 is 0 Å². The second kappa shape index (κ2) is 8.72. The zero-order valence-corrected chi connectivity index (χ0v) is 13.4. The van der Waals surface area contributed by atoms with Crippen LogP contribution in [-0.2, 0) is 20.9 Å². The minimum absolute atomic E-state index is 0.0746. The highest BCUT2D eigenvalue weighted by molar-refractivity contribution is 5.91. The number of benzene rings is 1. The third kappa shape index (κ3) is 5.28. The first-order chi connectivity index (χ1) is 10.7. The molecule has 0 spiro atoms. The van der Waals surface area contributed by atoms with E-state index in [1.807, 2.05) is 30.3 Å². The molecule has 3 nitrogen and oxygen atoms in total. The summed E-state index contributed by atoms with van der Waals surface area (Å²) >= 11 is 0. The number of hydrogen-bond donors (Lipinski definition) is 0. The molecule has 0 heterocycles. The number of esters is 1. The van der Waals surface area contributed by atoms with E-state index in [2.05, 4.69) is 6.92 Å². The minimum atomic E-state index is -0.215. The van der Waals surface area contributed by atoms with Crippen molar-refractivity contribution in [3.63, 3.8) is 0 Å². The molecule has 0 amide bonds. The van der Waals surface area contributed by atoms with Gasteiger partial charge in [0.1, 0.15) is 12.4 Å². The molecule has 1 aromatic carbocycles. The van der Waals surface area contributed by atoms with Gasteiger partial charge in [0.25, 0.3) is 0 Å². The van der Waals surface area contributed by atoms with Gasteiger partial charge in [-0.15, -0.1) is 0 Å². The van der Waals surface area contributed by atoms with Crippen LogP contribution in [0.1, 0.15) is 57.4 Å². The van der Waals surface area contributed by atoms with Gasteiger partial charge in [0, 0.05) is 12.3 Å². The van der Waals surface area contributed by atoms with Crippen LogP contribution in [0, 0.1) is 11.8 Å². The first-order valence-corrected chi connectivity index (χ1v) is 8.45. The first kappa shape index (κ1) is 16.7. The van der Waals surface area contributed by atoms with Gasteiger partial charge in [-0.2, -0.15) is 0 Å². The third-order valence-corrected chi connectivity index (χ3v) is 4.26. The van der Waals surface area contributed by atoms with Crippen molar-refractivity contribution in [1.29, 1.82) is 0 Å². The Bertz CT molecular complexity index is 481. The molecule has 1 aliphatic carbocycles. The van der Waals surface area contributed by atoms with Crippen molar-refractivity contribution in [2.24, 2.45) is 11.8 Å². The number of carbonyl (C=O) groups excluding carboxylic acids is 2. The fraction of sp³-hybridized carbons (Fsp3) is 0.579. The molecule has 2 rings (SSSR count).